The van der Waals surface area contributed by atoms with E-state index in [0.29, 0.717) is 23.9 Å². The lowest BCUT2D eigenvalue weighted by Gasteiger charge is -2.25. The number of aryl methyl sites for hydroxylation is 1. The molecule has 1 saturated heterocycles. The molecule has 1 aliphatic heterocycles. The first-order valence-electron chi connectivity index (χ1n) is 7.64. The van der Waals surface area contributed by atoms with Crippen LogP contribution in [-0.4, -0.2) is 46.4 Å². The standard InChI is InChI=1S/C16H21N3O4S.ClH/c1-10(2)8-18-14(15(20)23-4)9-24-16(18)17-13-6-5-12(19(21)22)7-11(13)3;/h5-7,10,14H,8-9H2,1-4H3;1H/b17-16-;/t14-;/m1./s1. The monoisotopic (exact) mass is 387 g/mol. The van der Waals surface area contributed by atoms with Crippen LogP contribution in [0.1, 0.15) is 19.4 Å². The minimum atomic E-state index is -0.424. The van der Waals surface area contributed by atoms with Crippen molar-refractivity contribution in [3.8, 4) is 0 Å². The van der Waals surface area contributed by atoms with Gasteiger partial charge in [0.25, 0.3) is 5.69 Å². The van der Waals surface area contributed by atoms with E-state index >= 15 is 0 Å². The smallest absolute Gasteiger partial charge is 0.329 e. The summed E-state index contributed by atoms with van der Waals surface area (Å²) in [5.41, 5.74) is 1.44. The number of rotatable bonds is 5. The lowest BCUT2D eigenvalue weighted by atomic mass is 10.2. The van der Waals surface area contributed by atoms with E-state index in [-0.39, 0.29) is 30.1 Å². The summed E-state index contributed by atoms with van der Waals surface area (Å²) >= 11 is 1.50. The van der Waals surface area contributed by atoms with E-state index in [4.69, 9.17) is 4.74 Å². The molecule has 25 heavy (non-hydrogen) atoms. The van der Waals surface area contributed by atoms with E-state index in [1.54, 1.807) is 13.0 Å². The van der Waals surface area contributed by atoms with Gasteiger partial charge in [-0.1, -0.05) is 25.6 Å². The van der Waals surface area contributed by atoms with Crippen molar-refractivity contribution in [1.29, 1.82) is 0 Å². The molecule has 1 aromatic carbocycles. The third-order valence-electron chi connectivity index (χ3n) is 3.63. The molecule has 1 atom stereocenters. The fourth-order valence-corrected chi connectivity index (χ4v) is 3.62. The van der Waals surface area contributed by atoms with Crippen LogP contribution in [0.3, 0.4) is 0 Å². The van der Waals surface area contributed by atoms with Gasteiger partial charge < -0.3 is 9.64 Å². The zero-order valence-corrected chi connectivity index (χ0v) is 16.2. The van der Waals surface area contributed by atoms with E-state index in [1.807, 2.05) is 4.90 Å². The van der Waals surface area contributed by atoms with Crippen LogP contribution in [-0.2, 0) is 9.53 Å². The molecule has 0 aromatic heterocycles. The Kier molecular flexibility index (Phi) is 7.69. The maximum absolute atomic E-state index is 12.0. The number of carbonyl (C=O) groups is 1. The van der Waals surface area contributed by atoms with Crippen LogP contribution < -0.4 is 0 Å². The number of carbonyl (C=O) groups excluding carboxylic acids is 1. The Labute approximate surface area is 157 Å². The van der Waals surface area contributed by atoms with E-state index in [2.05, 4.69) is 18.8 Å². The SMILES string of the molecule is COC(=O)[C@H]1CS/C(=N\c2ccc([N+](=O)[O-])cc2C)N1CC(C)C.Cl. The number of hydrogen-bond donors (Lipinski definition) is 0. The zero-order chi connectivity index (χ0) is 17.9. The highest BCUT2D eigenvalue weighted by Crippen LogP contribution is 2.31. The van der Waals surface area contributed by atoms with Gasteiger partial charge in [0.2, 0.25) is 0 Å². The van der Waals surface area contributed by atoms with Crippen molar-refractivity contribution in [2.24, 2.45) is 10.9 Å². The Bertz CT molecular complexity index is 681. The Morgan fingerprint density at radius 1 is 1.52 bits per heavy atom. The maximum atomic E-state index is 12.0. The Hall–Kier alpha value is -1.80. The van der Waals surface area contributed by atoms with E-state index < -0.39 is 4.92 Å². The van der Waals surface area contributed by atoms with E-state index in [1.165, 1.54) is 31.0 Å². The molecule has 0 spiro atoms. The number of ether oxygens (including phenoxy) is 1. The first-order chi connectivity index (χ1) is 11.3. The van der Waals surface area contributed by atoms with Gasteiger partial charge in [0, 0.05) is 24.4 Å². The molecule has 2 rings (SSSR count). The summed E-state index contributed by atoms with van der Waals surface area (Å²) in [6.07, 6.45) is 0. The predicted molar refractivity (Wildman–Crippen MR) is 102 cm³/mol. The summed E-state index contributed by atoms with van der Waals surface area (Å²) in [5.74, 6) is 0.678. The van der Waals surface area contributed by atoms with Crippen LogP contribution >= 0.6 is 24.2 Å². The number of benzene rings is 1. The van der Waals surface area contributed by atoms with Gasteiger partial charge in [-0.05, 0) is 24.5 Å². The van der Waals surface area contributed by atoms with Gasteiger partial charge >= 0.3 is 5.97 Å². The van der Waals surface area contributed by atoms with Gasteiger partial charge in [0.15, 0.2) is 5.17 Å². The highest BCUT2D eigenvalue weighted by molar-refractivity contribution is 8.14. The fourth-order valence-electron chi connectivity index (χ4n) is 2.47. The summed E-state index contributed by atoms with van der Waals surface area (Å²) < 4.78 is 4.89. The van der Waals surface area contributed by atoms with Crippen molar-refractivity contribution < 1.29 is 14.5 Å². The number of amidine groups is 1. The number of nitro groups is 1. The molecular formula is C16H22ClN3O4S. The van der Waals surface area contributed by atoms with Crippen LogP contribution in [0.4, 0.5) is 11.4 Å². The number of non-ortho nitro benzene ring substituents is 1. The molecule has 0 N–H and O–H groups in total. The minimum Gasteiger partial charge on any atom is -0.467 e. The fraction of sp³-hybridized carbons (Fsp3) is 0.500. The molecule has 1 heterocycles. The van der Waals surface area contributed by atoms with Gasteiger partial charge in [0.1, 0.15) is 6.04 Å². The quantitative estimate of drug-likeness (QED) is 0.436. The number of nitro benzene ring substituents is 1. The van der Waals surface area contributed by atoms with Crippen molar-refractivity contribution >= 4 is 46.7 Å². The third kappa shape index (κ3) is 5.09. The molecule has 7 nitrogen and oxygen atoms in total. The molecule has 138 valence electrons. The molecule has 1 aliphatic rings. The lowest BCUT2D eigenvalue weighted by molar-refractivity contribution is -0.384. The topological polar surface area (TPSA) is 85.0 Å². The second-order valence-electron chi connectivity index (χ2n) is 6.02. The minimum absolute atomic E-state index is 0. The first kappa shape index (κ1) is 21.2. The van der Waals surface area contributed by atoms with Gasteiger partial charge in [0.05, 0.1) is 17.7 Å². The number of esters is 1. The summed E-state index contributed by atoms with van der Waals surface area (Å²) in [6.45, 7) is 6.63. The number of nitrogens with zero attached hydrogens (tertiary/aromatic N) is 3. The third-order valence-corrected chi connectivity index (χ3v) is 4.70. The van der Waals surface area contributed by atoms with Crippen molar-refractivity contribution in [3.05, 3.63) is 33.9 Å². The average Bonchev–Trinajstić information content (AvgIpc) is 2.90. The van der Waals surface area contributed by atoms with Crippen LogP contribution in [0, 0.1) is 23.0 Å². The van der Waals surface area contributed by atoms with Crippen LogP contribution in [0.5, 0.6) is 0 Å². The van der Waals surface area contributed by atoms with Gasteiger partial charge in [-0.15, -0.1) is 12.4 Å². The first-order valence-corrected chi connectivity index (χ1v) is 8.63. The molecule has 9 heteroatoms. The Balaban J connectivity index is 0.00000312. The van der Waals surface area contributed by atoms with Crippen molar-refractivity contribution in [2.45, 2.75) is 26.8 Å². The molecule has 0 amide bonds. The number of methoxy groups -OCH3 is 1. The molecule has 1 fully saturated rings. The molecule has 1 aromatic rings. The van der Waals surface area contributed by atoms with Crippen LogP contribution in [0.2, 0.25) is 0 Å². The second-order valence-corrected chi connectivity index (χ2v) is 7.01. The van der Waals surface area contributed by atoms with Crippen LogP contribution in [0.15, 0.2) is 23.2 Å². The normalized spacial score (nSPS) is 18.4. The zero-order valence-electron chi connectivity index (χ0n) is 14.6. The second kappa shape index (κ2) is 9.05. The molecule has 0 saturated carbocycles. The largest absolute Gasteiger partial charge is 0.467 e. The molecular weight excluding hydrogens is 366 g/mol. The summed E-state index contributed by atoms with van der Waals surface area (Å²) in [7, 11) is 1.39. The summed E-state index contributed by atoms with van der Waals surface area (Å²) in [5, 5.41) is 11.6. The molecule has 0 radical (unpaired) electrons. The summed E-state index contributed by atoms with van der Waals surface area (Å²) in [6, 6.07) is 4.24. The van der Waals surface area contributed by atoms with E-state index in [9.17, 15) is 14.9 Å². The highest BCUT2D eigenvalue weighted by Gasteiger charge is 2.36. The van der Waals surface area contributed by atoms with Crippen molar-refractivity contribution in [1.82, 2.24) is 4.90 Å². The Morgan fingerprint density at radius 2 is 2.20 bits per heavy atom. The number of halogens is 1. The van der Waals surface area contributed by atoms with Crippen molar-refractivity contribution in [2.75, 3.05) is 19.4 Å². The van der Waals surface area contributed by atoms with Crippen molar-refractivity contribution in [3.63, 3.8) is 0 Å². The number of hydrogen-bond acceptors (Lipinski definition) is 6. The molecule has 0 aliphatic carbocycles. The lowest BCUT2D eigenvalue weighted by Crippen LogP contribution is -2.42. The van der Waals surface area contributed by atoms with Crippen LogP contribution in [0.25, 0.3) is 0 Å². The van der Waals surface area contributed by atoms with Gasteiger partial charge in [-0.2, -0.15) is 0 Å². The van der Waals surface area contributed by atoms with Gasteiger partial charge in [-0.25, -0.2) is 9.79 Å². The Morgan fingerprint density at radius 3 is 2.72 bits per heavy atom. The van der Waals surface area contributed by atoms with E-state index in [0.717, 1.165) is 10.7 Å². The summed E-state index contributed by atoms with van der Waals surface area (Å²) in [4.78, 5) is 29.0. The average molecular weight is 388 g/mol. The van der Waals surface area contributed by atoms with Gasteiger partial charge in [-0.3, -0.25) is 10.1 Å². The predicted octanol–water partition coefficient (Wildman–Crippen LogP) is 3.56. The molecule has 0 bridgehead atoms. The molecule has 0 unspecified atom stereocenters. The number of thioether (sulfide) groups is 1. The maximum Gasteiger partial charge on any atom is 0.329 e. The number of aliphatic imine (C=N–C) groups is 1. The highest BCUT2D eigenvalue weighted by atomic mass is 35.5.